The summed E-state index contributed by atoms with van der Waals surface area (Å²) < 4.78 is 0. The van der Waals surface area contributed by atoms with Crippen LogP contribution in [-0.2, 0) is 0 Å². The van der Waals surface area contributed by atoms with Gasteiger partial charge in [0.25, 0.3) is 0 Å². The van der Waals surface area contributed by atoms with Gasteiger partial charge in [-0.3, -0.25) is 9.59 Å². The summed E-state index contributed by atoms with van der Waals surface area (Å²) >= 11 is 0. The summed E-state index contributed by atoms with van der Waals surface area (Å²) in [4.78, 5) is 26.7. The predicted molar refractivity (Wildman–Crippen MR) is 141 cm³/mol. The summed E-state index contributed by atoms with van der Waals surface area (Å²) in [5, 5.41) is 14.5. The number of aromatic hydroxyl groups is 1. The van der Waals surface area contributed by atoms with Crippen molar-refractivity contribution < 1.29 is 14.7 Å². The molecule has 4 heteroatoms. The van der Waals surface area contributed by atoms with Crippen molar-refractivity contribution in [1.29, 1.82) is 0 Å². The minimum absolute atomic E-state index is 0.0977. The van der Waals surface area contributed by atoms with Crippen molar-refractivity contribution in [2.45, 2.75) is 58.3 Å². The Morgan fingerprint density at radius 3 is 2.06 bits per heavy atom. The molecule has 0 radical (unpaired) electrons. The summed E-state index contributed by atoms with van der Waals surface area (Å²) in [6.45, 7) is 4.82. The van der Waals surface area contributed by atoms with Crippen LogP contribution in [0, 0.1) is 5.92 Å². The van der Waals surface area contributed by atoms with Crippen LogP contribution in [0.5, 0.6) is 5.75 Å². The second kappa shape index (κ2) is 9.69. The summed E-state index contributed by atoms with van der Waals surface area (Å²) in [7, 11) is 0. The number of phenolic OH excluding ortho intramolecular Hbond substituents is 1. The average Bonchev–Trinajstić information content (AvgIpc) is 2.89. The van der Waals surface area contributed by atoms with Crippen molar-refractivity contribution in [2.24, 2.45) is 5.92 Å². The third-order valence-electron chi connectivity index (χ3n) is 7.77. The van der Waals surface area contributed by atoms with E-state index in [4.69, 9.17) is 0 Å². The zero-order valence-corrected chi connectivity index (χ0v) is 20.6. The molecule has 0 spiro atoms. The van der Waals surface area contributed by atoms with Crippen LogP contribution in [-0.4, -0.2) is 23.2 Å². The van der Waals surface area contributed by atoms with Crippen LogP contribution >= 0.6 is 0 Å². The smallest absolute Gasteiger partial charge is 0.198 e. The predicted octanol–water partition coefficient (Wildman–Crippen LogP) is 7.34. The molecular formula is C31H33NO3. The van der Waals surface area contributed by atoms with Gasteiger partial charge in [0.05, 0.1) is 11.1 Å². The molecule has 2 aliphatic carbocycles. The van der Waals surface area contributed by atoms with Crippen molar-refractivity contribution >= 4 is 17.3 Å². The van der Waals surface area contributed by atoms with E-state index in [1.807, 2.05) is 25.1 Å². The molecule has 0 saturated heterocycles. The Morgan fingerprint density at radius 2 is 1.46 bits per heavy atom. The molecule has 180 valence electrons. The lowest BCUT2D eigenvalue weighted by atomic mass is 9.77. The van der Waals surface area contributed by atoms with Gasteiger partial charge >= 0.3 is 0 Å². The highest BCUT2D eigenvalue weighted by atomic mass is 16.3. The molecule has 0 unspecified atom stereocenters. The van der Waals surface area contributed by atoms with E-state index in [0.29, 0.717) is 34.8 Å². The fraction of sp³-hybridized carbons (Fsp3) is 0.355. The average molecular weight is 468 g/mol. The normalized spacial score (nSPS) is 19.3. The van der Waals surface area contributed by atoms with Gasteiger partial charge in [0.1, 0.15) is 5.75 Å². The van der Waals surface area contributed by atoms with Gasteiger partial charge in [0.2, 0.25) is 0 Å². The minimum Gasteiger partial charge on any atom is -0.506 e. The first-order chi connectivity index (χ1) is 17.0. The number of anilines is 1. The number of nitrogens with one attached hydrogen (secondary N) is 1. The first-order valence-electron chi connectivity index (χ1n) is 13.0. The van der Waals surface area contributed by atoms with E-state index in [2.05, 4.69) is 24.4 Å². The third kappa shape index (κ3) is 4.16. The highest BCUT2D eigenvalue weighted by Gasteiger charge is 2.35. The van der Waals surface area contributed by atoms with E-state index in [-0.39, 0.29) is 28.4 Å². The summed E-state index contributed by atoms with van der Waals surface area (Å²) in [6, 6.07) is 17.0. The zero-order valence-electron chi connectivity index (χ0n) is 20.6. The number of hydrogen-bond acceptors (Lipinski definition) is 4. The molecule has 0 aliphatic heterocycles. The van der Waals surface area contributed by atoms with Gasteiger partial charge < -0.3 is 10.4 Å². The van der Waals surface area contributed by atoms with Gasteiger partial charge in [0.15, 0.2) is 11.6 Å². The Morgan fingerprint density at radius 1 is 0.829 bits per heavy atom. The van der Waals surface area contributed by atoms with Crippen LogP contribution in [0.3, 0.4) is 0 Å². The van der Waals surface area contributed by atoms with Gasteiger partial charge in [-0.25, -0.2) is 0 Å². The van der Waals surface area contributed by atoms with Gasteiger partial charge in [-0.1, -0.05) is 68.3 Å². The second-order valence-electron chi connectivity index (χ2n) is 9.93. The van der Waals surface area contributed by atoms with Crippen LogP contribution in [0.4, 0.5) is 5.69 Å². The van der Waals surface area contributed by atoms with Crippen LogP contribution in [0.2, 0.25) is 0 Å². The van der Waals surface area contributed by atoms with E-state index < -0.39 is 0 Å². The maximum Gasteiger partial charge on any atom is 0.198 e. The number of phenols is 1. The van der Waals surface area contributed by atoms with E-state index in [1.54, 1.807) is 24.3 Å². The minimum atomic E-state index is -0.311. The van der Waals surface area contributed by atoms with Crippen LogP contribution in [0.15, 0.2) is 54.6 Å². The van der Waals surface area contributed by atoms with Gasteiger partial charge in [-0.15, -0.1) is 0 Å². The molecule has 2 aliphatic rings. The number of fused-ring (bicyclic) bond motifs is 2. The first-order valence-corrected chi connectivity index (χ1v) is 13.0. The largest absolute Gasteiger partial charge is 0.506 e. The standard InChI is InChI=1S/C31H33NO3/c1-3-7-19-10-12-20(13-11-19)21-14-16-22(17-15-21)25-18-26(32-4-2)27-28(31(25)35)30(34)24-9-6-5-8-23(24)29(27)33/h5-6,8-9,14-20,32,35H,3-4,7,10-13H2,1-2H3/t19-,20-. The van der Waals surface area contributed by atoms with Crippen molar-refractivity contribution in [3.63, 3.8) is 0 Å². The molecule has 0 heterocycles. The Bertz CT molecular complexity index is 1270. The number of carbonyl (C=O) groups is 2. The maximum absolute atomic E-state index is 13.4. The summed E-state index contributed by atoms with van der Waals surface area (Å²) in [5.41, 5.74) is 4.42. The summed E-state index contributed by atoms with van der Waals surface area (Å²) in [5.74, 6) is 0.790. The van der Waals surface area contributed by atoms with Crippen molar-refractivity contribution in [2.75, 3.05) is 11.9 Å². The highest BCUT2D eigenvalue weighted by Crippen LogP contribution is 2.44. The van der Waals surface area contributed by atoms with E-state index in [9.17, 15) is 14.7 Å². The molecular weight excluding hydrogens is 434 g/mol. The number of hydrogen-bond donors (Lipinski definition) is 2. The molecule has 3 aromatic rings. The number of rotatable bonds is 6. The first kappa shape index (κ1) is 23.3. The van der Waals surface area contributed by atoms with Crippen molar-refractivity contribution in [3.05, 3.63) is 82.4 Å². The van der Waals surface area contributed by atoms with E-state index in [1.165, 1.54) is 44.1 Å². The van der Waals surface area contributed by atoms with Crippen LogP contribution in [0.25, 0.3) is 11.1 Å². The third-order valence-corrected chi connectivity index (χ3v) is 7.77. The monoisotopic (exact) mass is 467 g/mol. The topological polar surface area (TPSA) is 66.4 Å². The Hall–Kier alpha value is -3.40. The zero-order chi connectivity index (χ0) is 24.5. The van der Waals surface area contributed by atoms with Gasteiger partial charge in [-0.2, -0.15) is 0 Å². The molecule has 0 aromatic heterocycles. The second-order valence-corrected chi connectivity index (χ2v) is 9.93. The molecule has 35 heavy (non-hydrogen) atoms. The molecule has 4 nitrogen and oxygen atoms in total. The van der Waals surface area contributed by atoms with Crippen LogP contribution < -0.4 is 5.32 Å². The highest BCUT2D eigenvalue weighted by molar-refractivity contribution is 6.31. The number of ketones is 2. The van der Waals surface area contributed by atoms with Crippen LogP contribution in [0.1, 0.15) is 95.7 Å². The Kier molecular flexibility index (Phi) is 6.46. The van der Waals surface area contributed by atoms with Crippen molar-refractivity contribution in [1.82, 2.24) is 0 Å². The molecule has 0 amide bonds. The molecule has 1 saturated carbocycles. The molecule has 2 N–H and O–H groups in total. The quantitative estimate of drug-likeness (QED) is 0.291. The maximum atomic E-state index is 13.4. The SMILES string of the molecule is CCC[C@H]1CC[C@H](c2ccc(-c3cc(NCC)c4c(c3O)C(=O)c3ccccc3C4=O)cc2)CC1. The summed E-state index contributed by atoms with van der Waals surface area (Å²) in [6.07, 6.45) is 7.67. The fourth-order valence-corrected chi connectivity index (χ4v) is 5.96. The number of benzene rings is 3. The molecule has 1 fully saturated rings. The molecule has 0 bridgehead atoms. The molecule has 0 atom stereocenters. The fourth-order valence-electron chi connectivity index (χ4n) is 5.96. The van der Waals surface area contributed by atoms with Crippen molar-refractivity contribution in [3.8, 4) is 16.9 Å². The van der Waals surface area contributed by atoms with Gasteiger partial charge in [0, 0.05) is 28.9 Å². The molecule has 5 rings (SSSR count). The Labute approximate surface area is 207 Å². The number of carbonyl (C=O) groups excluding carboxylic acids is 2. The van der Waals surface area contributed by atoms with E-state index >= 15 is 0 Å². The van der Waals surface area contributed by atoms with E-state index in [0.717, 1.165) is 11.5 Å². The lowest BCUT2D eigenvalue weighted by molar-refractivity contribution is 0.0977. The molecule has 3 aromatic carbocycles. The van der Waals surface area contributed by atoms with Gasteiger partial charge in [-0.05, 0) is 61.6 Å². The lowest BCUT2D eigenvalue weighted by Crippen LogP contribution is -2.23. The lowest BCUT2D eigenvalue weighted by Gasteiger charge is -2.28. The Balaban J connectivity index is 1.51.